The van der Waals surface area contributed by atoms with Gasteiger partial charge in [-0.25, -0.2) is 0 Å². The van der Waals surface area contributed by atoms with Gasteiger partial charge in [-0.2, -0.15) is 0 Å². The quantitative estimate of drug-likeness (QED) is 0.566. The van der Waals surface area contributed by atoms with E-state index < -0.39 is 18.2 Å². The van der Waals surface area contributed by atoms with Gasteiger partial charge in [0.05, 0.1) is 14.2 Å². The first-order valence-corrected chi connectivity index (χ1v) is 13.9. The summed E-state index contributed by atoms with van der Waals surface area (Å²) < 4.78 is 23.1. The summed E-state index contributed by atoms with van der Waals surface area (Å²) in [6, 6.07) is 12.2. The molecule has 2 fully saturated rings. The Kier molecular flexibility index (Phi) is 8.14. The van der Waals surface area contributed by atoms with Gasteiger partial charge in [0.1, 0.15) is 29.8 Å². The van der Waals surface area contributed by atoms with Crippen LogP contribution in [0.15, 0.2) is 36.4 Å². The van der Waals surface area contributed by atoms with Crippen molar-refractivity contribution in [2.45, 2.75) is 95.2 Å². The SMILES string of the molecule is COc1ccc2cc1-c1cc(ccc1OC)[C@@H]1C[C@@H](OC(C)=O)[C@@H](O)[C@H]3CCC[C@@H](C[C@@H](OC(C)=O)CC2)N31. The third-order valence-corrected chi connectivity index (χ3v) is 8.53. The van der Waals surface area contributed by atoms with Gasteiger partial charge in [0.25, 0.3) is 0 Å². The van der Waals surface area contributed by atoms with Crippen LogP contribution >= 0.6 is 0 Å². The number of carbonyl (C=O) groups is 2. The fraction of sp³-hybridized carbons (Fsp3) is 0.548. The normalized spacial score (nSPS) is 28.5. The number of benzene rings is 2. The number of hydrogen-bond acceptors (Lipinski definition) is 8. The summed E-state index contributed by atoms with van der Waals surface area (Å²) in [4.78, 5) is 26.5. The Morgan fingerprint density at radius 2 is 1.56 bits per heavy atom. The number of ether oxygens (including phenoxy) is 4. The molecule has 39 heavy (non-hydrogen) atoms. The second-order valence-corrected chi connectivity index (χ2v) is 11.0. The van der Waals surface area contributed by atoms with E-state index in [4.69, 9.17) is 18.9 Å². The van der Waals surface area contributed by atoms with Crippen LogP contribution in [-0.2, 0) is 25.5 Å². The van der Waals surface area contributed by atoms with E-state index in [-0.39, 0.29) is 30.2 Å². The average molecular weight is 538 g/mol. The number of aliphatic hydroxyl groups excluding tert-OH is 1. The van der Waals surface area contributed by atoms with Crippen LogP contribution in [0.25, 0.3) is 11.1 Å². The maximum absolute atomic E-state index is 12.1. The summed E-state index contributed by atoms with van der Waals surface area (Å²) in [5, 5.41) is 11.4. The van der Waals surface area contributed by atoms with Crippen LogP contribution in [0.3, 0.4) is 0 Å². The molecule has 210 valence electrons. The van der Waals surface area contributed by atoms with E-state index in [9.17, 15) is 14.7 Å². The van der Waals surface area contributed by atoms with Gasteiger partial charge in [-0.3, -0.25) is 14.5 Å². The fourth-order valence-electron chi connectivity index (χ4n) is 6.93. The molecule has 2 aromatic rings. The molecule has 0 aromatic heterocycles. The van der Waals surface area contributed by atoms with Crippen molar-refractivity contribution in [3.63, 3.8) is 0 Å². The third-order valence-electron chi connectivity index (χ3n) is 8.53. The van der Waals surface area contributed by atoms with Gasteiger partial charge >= 0.3 is 11.9 Å². The third kappa shape index (κ3) is 5.63. The average Bonchev–Trinajstić information content (AvgIpc) is 2.92. The standard InChI is InChI=1S/C31H39NO7/c1-18(33)38-23-11-8-20-9-12-28(36-3)24(14-20)25-15-21(10-13-29(25)37-4)27-17-30(39-19(2)34)31(35)26-7-5-6-22(16-23)32(26)27/h9-10,12-15,22-23,26-27,30-31,35H,5-8,11,16-17H2,1-4H3/t22-,23-,26+,27-,30+,31-/m0/s1. The Labute approximate surface area is 230 Å². The molecule has 0 radical (unpaired) electrons. The summed E-state index contributed by atoms with van der Waals surface area (Å²) in [5.74, 6) is 0.803. The molecule has 1 N–H and O–H groups in total. The predicted octanol–water partition coefficient (Wildman–Crippen LogP) is 4.60. The highest BCUT2D eigenvalue weighted by Gasteiger charge is 2.49. The zero-order valence-corrected chi connectivity index (χ0v) is 23.2. The number of aliphatic hydroxyl groups is 1. The first-order chi connectivity index (χ1) is 18.8. The maximum Gasteiger partial charge on any atom is 0.302 e. The Morgan fingerprint density at radius 3 is 2.26 bits per heavy atom. The molecule has 0 saturated carbocycles. The maximum atomic E-state index is 12.1. The van der Waals surface area contributed by atoms with Gasteiger partial charge in [-0.1, -0.05) is 18.6 Å². The van der Waals surface area contributed by atoms with E-state index in [2.05, 4.69) is 29.2 Å². The van der Waals surface area contributed by atoms with E-state index in [1.165, 1.54) is 13.8 Å². The van der Waals surface area contributed by atoms with Crippen LogP contribution in [0, 0.1) is 0 Å². The minimum Gasteiger partial charge on any atom is -0.496 e. The van der Waals surface area contributed by atoms with E-state index in [0.717, 1.165) is 59.4 Å². The van der Waals surface area contributed by atoms with Crippen LogP contribution in [-0.4, -0.2) is 66.6 Å². The van der Waals surface area contributed by atoms with Crippen molar-refractivity contribution in [1.82, 2.24) is 4.90 Å². The molecule has 3 aliphatic rings. The summed E-state index contributed by atoms with van der Waals surface area (Å²) in [5.41, 5.74) is 4.03. The van der Waals surface area contributed by atoms with Crippen molar-refractivity contribution >= 4 is 11.9 Å². The summed E-state index contributed by atoms with van der Waals surface area (Å²) >= 11 is 0. The lowest BCUT2D eigenvalue weighted by atomic mass is 9.78. The molecule has 0 amide bonds. The van der Waals surface area contributed by atoms with Crippen LogP contribution in [0.4, 0.5) is 0 Å². The molecule has 6 atom stereocenters. The summed E-state index contributed by atoms with van der Waals surface area (Å²) in [6.07, 6.45) is 3.65. The first kappa shape index (κ1) is 27.5. The molecule has 3 aliphatic heterocycles. The van der Waals surface area contributed by atoms with Crippen molar-refractivity contribution in [1.29, 1.82) is 0 Å². The van der Waals surface area contributed by atoms with E-state index in [1.54, 1.807) is 14.2 Å². The Hall–Kier alpha value is -3.10. The fourth-order valence-corrected chi connectivity index (χ4v) is 6.93. The van der Waals surface area contributed by atoms with Crippen LogP contribution in [0.5, 0.6) is 11.5 Å². The largest absolute Gasteiger partial charge is 0.496 e. The van der Waals surface area contributed by atoms with Gasteiger partial charge in [0, 0.05) is 49.5 Å². The number of piperidine rings is 2. The van der Waals surface area contributed by atoms with Gasteiger partial charge in [0.15, 0.2) is 0 Å². The number of rotatable bonds is 4. The zero-order chi connectivity index (χ0) is 27.7. The van der Waals surface area contributed by atoms with E-state index in [0.29, 0.717) is 19.3 Å². The molecule has 0 spiro atoms. The highest BCUT2D eigenvalue weighted by Crippen LogP contribution is 2.46. The summed E-state index contributed by atoms with van der Waals surface area (Å²) in [7, 11) is 3.33. The Morgan fingerprint density at radius 1 is 0.872 bits per heavy atom. The molecule has 8 nitrogen and oxygen atoms in total. The van der Waals surface area contributed by atoms with Crippen molar-refractivity contribution in [3.05, 3.63) is 47.5 Å². The lowest BCUT2D eigenvalue weighted by Crippen LogP contribution is -2.61. The van der Waals surface area contributed by atoms with Gasteiger partial charge in [-0.05, 0) is 67.5 Å². The zero-order valence-electron chi connectivity index (χ0n) is 23.2. The lowest BCUT2D eigenvalue weighted by Gasteiger charge is -2.54. The number of esters is 2. The smallest absolute Gasteiger partial charge is 0.302 e. The van der Waals surface area contributed by atoms with Crippen molar-refractivity contribution in [2.24, 2.45) is 0 Å². The number of carbonyl (C=O) groups excluding carboxylic acids is 2. The van der Waals surface area contributed by atoms with E-state index in [1.807, 2.05) is 12.1 Å². The number of hydrogen-bond donors (Lipinski definition) is 1. The molecule has 3 heterocycles. The first-order valence-electron chi connectivity index (χ1n) is 13.9. The topological polar surface area (TPSA) is 94.5 Å². The predicted molar refractivity (Wildman–Crippen MR) is 146 cm³/mol. The second kappa shape index (κ2) is 11.6. The molecular formula is C31H39NO7. The highest BCUT2D eigenvalue weighted by atomic mass is 16.6. The molecule has 2 saturated heterocycles. The van der Waals surface area contributed by atoms with Gasteiger partial charge < -0.3 is 24.1 Å². The van der Waals surface area contributed by atoms with Crippen molar-refractivity contribution < 1.29 is 33.6 Å². The minimum atomic E-state index is -0.788. The molecular weight excluding hydrogens is 498 g/mol. The van der Waals surface area contributed by atoms with Crippen LogP contribution < -0.4 is 9.47 Å². The van der Waals surface area contributed by atoms with Crippen molar-refractivity contribution in [3.8, 4) is 22.6 Å². The molecule has 4 bridgehead atoms. The van der Waals surface area contributed by atoms with Gasteiger partial charge in [0.2, 0.25) is 0 Å². The van der Waals surface area contributed by atoms with E-state index >= 15 is 0 Å². The molecule has 0 unspecified atom stereocenters. The Bertz CT molecular complexity index is 1210. The number of aryl methyl sites for hydroxylation is 1. The molecule has 8 heteroatoms. The molecule has 5 rings (SSSR count). The summed E-state index contributed by atoms with van der Waals surface area (Å²) in [6.45, 7) is 2.85. The monoisotopic (exact) mass is 537 g/mol. The van der Waals surface area contributed by atoms with Crippen LogP contribution in [0.1, 0.15) is 69.5 Å². The van der Waals surface area contributed by atoms with Crippen LogP contribution in [0.2, 0.25) is 0 Å². The number of nitrogens with zero attached hydrogens (tertiary/aromatic N) is 1. The van der Waals surface area contributed by atoms with Gasteiger partial charge in [-0.15, -0.1) is 0 Å². The highest BCUT2D eigenvalue weighted by molar-refractivity contribution is 5.77. The molecule has 0 aliphatic carbocycles. The second-order valence-electron chi connectivity index (χ2n) is 11.0. The number of methoxy groups -OCH3 is 2. The van der Waals surface area contributed by atoms with Crippen molar-refractivity contribution in [2.75, 3.05) is 14.2 Å². The number of fused-ring (bicyclic) bond motifs is 6. The lowest BCUT2D eigenvalue weighted by molar-refractivity contribution is -0.175. The Balaban J connectivity index is 1.68. The molecule has 2 aromatic carbocycles. The minimum absolute atomic E-state index is 0.106.